The van der Waals surface area contributed by atoms with Crippen molar-refractivity contribution in [2.75, 3.05) is 36.8 Å². The molecule has 0 radical (unpaired) electrons. The molecule has 0 atom stereocenters. The Bertz CT molecular complexity index is 741. The number of ketones is 1. The third-order valence-corrected chi connectivity index (χ3v) is 5.42. The molecular weight excluding hydrogens is 346 g/mol. The highest BCUT2D eigenvalue weighted by Crippen LogP contribution is 2.18. The van der Waals surface area contributed by atoms with Crippen molar-refractivity contribution in [2.45, 2.75) is 12.7 Å². The van der Waals surface area contributed by atoms with E-state index in [1.807, 2.05) is 47.4 Å². The van der Waals surface area contributed by atoms with E-state index in [2.05, 4.69) is 9.88 Å². The van der Waals surface area contributed by atoms with Gasteiger partial charge in [-0.2, -0.15) is 0 Å². The molecule has 1 saturated heterocycles. The number of benzene rings is 1. The number of carbonyl (C=O) groups excluding carboxylic acids is 2. The first-order valence-electron chi connectivity index (χ1n) is 8.75. The van der Waals surface area contributed by atoms with Crippen molar-refractivity contribution in [3.8, 4) is 0 Å². The minimum absolute atomic E-state index is 0.0789. The van der Waals surface area contributed by atoms with E-state index in [9.17, 15) is 9.59 Å². The van der Waals surface area contributed by atoms with E-state index in [0.29, 0.717) is 5.75 Å². The Hall–Kier alpha value is -2.34. The molecule has 6 heteroatoms. The Balaban J connectivity index is 1.44. The van der Waals surface area contributed by atoms with Crippen molar-refractivity contribution in [2.24, 2.45) is 0 Å². The molecule has 3 rings (SSSR count). The minimum atomic E-state index is 0.0789. The molecule has 0 N–H and O–H groups in total. The van der Waals surface area contributed by atoms with Gasteiger partial charge in [0, 0.05) is 49.4 Å². The van der Waals surface area contributed by atoms with Gasteiger partial charge in [-0.05, 0) is 43.3 Å². The van der Waals surface area contributed by atoms with Gasteiger partial charge in [-0.3, -0.25) is 14.6 Å². The summed E-state index contributed by atoms with van der Waals surface area (Å²) in [6, 6.07) is 13.5. The summed E-state index contributed by atoms with van der Waals surface area (Å²) in [5.41, 5.74) is 2.84. The lowest BCUT2D eigenvalue weighted by Crippen LogP contribution is -2.49. The van der Waals surface area contributed by atoms with E-state index < -0.39 is 0 Å². The lowest BCUT2D eigenvalue weighted by Gasteiger charge is -2.36. The van der Waals surface area contributed by atoms with Gasteiger partial charge in [-0.25, -0.2) is 0 Å². The zero-order valence-electron chi connectivity index (χ0n) is 14.9. The molecule has 0 aliphatic carbocycles. The van der Waals surface area contributed by atoms with Crippen LogP contribution in [-0.2, 0) is 10.5 Å². The molecule has 1 amide bonds. The number of anilines is 1. The van der Waals surface area contributed by atoms with Crippen LogP contribution in [0.1, 0.15) is 23.0 Å². The first kappa shape index (κ1) is 18.5. The fraction of sp³-hybridized carbons (Fsp3) is 0.350. The van der Waals surface area contributed by atoms with E-state index in [4.69, 9.17) is 0 Å². The number of hydrogen-bond donors (Lipinski definition) is 0. The van der Waals surface area contributed by atoms with Crippen molar-refractivity contribution >= 4 is 29.1 Å². The van der Waals surface area contributed by atoms with Crippen molar-refractivity contribution in [1.82, 2.24) is 9.88 Å². The predicted molar refractivity (Wildman–Crippen MR) is 106 cm³/mol. The van der Waals surface area contributed by atoms with Crippen molar-refractivity contribution < 1.29 is 9.59 Å². The van der Waals surface area contributed by atoms with Gasteiger partial charge in [-0.1, -0.05) is 6.07 Å². The SMILES string of the molecule is CC(=O)c1ccc(N2CCN(C(=O)CSCc3ccccn3)CC2)cc1. The van der Waals surface area contributed by atoms with E-state index in [0.717, 1.165) is 48.9 Å². The Morgan fingerprint density at radius 1 is 1.04 bits per heavy atom. The van der Waals surface area contributed by atoms with E-state index >= 15 is 0 Å². The number of pyridine rings is 1. The van der Waals surface area contributed by atoms with Crippen LogP contribution in [0.5, 0.6) is 0 Å². The monoisotopic (exact) mass is 369 g/mol. The molecule has 0 bridgehead atoms. The molecule has 1 aliphatic heterocycles. The zero-order chi connectivity index (χ0) is 18.4. The van der Waals surface area contributed by atoms with Gasteiger partial charge in [0.05, 0.1) is 11.4 Å². The highest BCUT2D eigenvalue weighted by molar-refractivity contribution is 7.99. The predicted octanol–water partition coefficient (Wildman–Crippen LogP) is 2.87. The number of aromatic nitrogens is 1. The summed E-state index contributed by atoms with van der Waals surface area (Å²) in [6.07, 6.45) is 1.78. The number of piperazine rings is 1. The number of amides is 1. The number of Topliss-reactive ketones (excluding diaryl/α,β-unsaturated/α-hetero) is 1. The highest BCUT2D eigenvalue weighted by Gasteiger charge is 2.21. The third kappa shape index (κ3) is 4.85. The van der Waals surface area contributed by atoms with Crippen LogP contribution in [0.15, 0.2) is 48.7 Å². The second kappa shape index (κ2) is 8.85. The van der Waals surface area contributed by atoms with Crippen LogP contribution in [0.4, 0.5) is 5.69 Å². The average Bonchev–Trinajstić information content (AvgIpc) is 2.69. The standard InChI is InChI=1S/C20H23N3O2S/c1-16(24)17-5-7-19(8-6-17)22-10-12-23(13-11-22)20(25)15-26-14-18-4-2-3-9-21-18/h2-9H,10-15H2,1H3. The normalized spacial score (nSPS) is 14.3. The molecule has 2 aromatic rings. The number of nitrogens with zero attached hydrogens (tertiary/aromatic N) is 3. The van der Waals surface area contributed by atoms with Gasteiger partial charge in [0.25, 0.3) is 0 Å². The number of carbonyl (C=O) groups is 2. The number of hydrogen-bond acceptors (Lipinski definition) is 5. The van der Waals surface area contributed by atoms with Crippen LogP contribution in [0.25, 0.3) is 0 Å². The number of rotatable bonds is 6. The van der Waals surface area contributed by atoms with Gasteiger partial charge in [0.15, 0.2) is 5.78 Å². The van der Waals surface area contributed by atoms with Crippen LogP contribution < -0.4 is 4.90 Å². The van der Waals surface area contributed by atoms with Gasteiger partial charge < -0.3 is 9.80 Å². The maximum Gasteiger partial charge on any atom is 0.232 e. The maximum absolute atomic E-state index is 12.4. The third-order valence-electron chi connectivity index (χ3n) is 4.47. The first-order valence-corrected chi connectivity index (χ1v) is 9.90. The largest absolute Gasteiger partial charge is 0.368 e. The summed E-state index contributed by atoms with van der Waals surface area (Å²) < 4.78 is 0. The van der Waals surface area contributed by atoms with Gasteiger partial charge in [0.2, 0.25) is 5.91 Å². The molecule has 0 spiro atoms. The number of thioether (sulfide) groups is 1. The quantitative estimate of drug-likeness (QED) is 0.733. The van der Waals surface area contributed by atoms with Crippen LogP contribution in [-0.4, -0.2) is 53.5 Å². The van der Waals surface area contributed by atoms with Crippen molar-refractivity contribution in [3.05, 3.63) is 59.9 Å². The summed E-state index contributed by atoms with van der Waals surface area (Å²) in [5, 5.41) is 0. The molecule has 0 saturated carbocycles. The lowest BCUT2D eigenvalue weighted by atomic mass is 10.1. The average molecular weight is 369 g/mol. The minimum Gasteiger partial charge on any atom is -0.368 e. The second-order valence-electron chi connectivity index (χ2n) is 6.28. The van der Waals surface area contributed by atoms with Gasteiger partial charge in [0.1, 0.15) is 0 Å². The maximum atomic E-state index is 12.4. The second-order valence-corrected chi connectivity index (χ2v) is 7.27. The summed E-state index contributed by atoms with van der Waals surface area (Å²) in [4.78, 5) is 32.2. The fourth-order valence-electron chi connectivity index (χ4n) is 2.94. The zero-order valence-corrected chi connectivity index (χ0v) is 15.7. The molecule has 1 aromatic carbocycles. The summed E-state index contributed by atoms with van der Waals surface area (Å²) in [6.45, 7) is 4.67. The molecular formula is C20H23N3O2S. The first-order chi connectivity index (χ1) is 12.6. The Morgan fingerprint density at radius 2 is 1.77 bits per heavy atom. The van der Waals surface area contributed by atoms with Crippen molar-refractivity contribution in [1.29, 1.82) is 0 Å². The van der Waals surface area contributed by atoms with Gasteiger partial charge in [-0.15, -0.1) is 11.8 Å². The highest BCUT2D eigenvalue weighted by atomic mass is 32.2. The molecule has 26 heavy (non-hydrogen) atoms. The fourth-order valence-corrected chi connectivity index (χ4v) is 3.78. The van der Waals surface area contributed by atoms with E-state index in [-0.39, 0.29) is 11.7 Å². The molecule has 2 heterocycles. The molecule has 0 unspecified atom stereocenters. The Kier molecular flexibility index (Phi) is 6.28. The van der Waals surface area contributed by atoms with E-state index in [1.54, 1.807) is 24.9 Å². The van der Waals surface area contributed by atoms with E-state index in [1.165, 1.54) is 0 Å². The molecule has 1 fully saturated rings. The lowest BCUT2D eigenvalue weighted by molar-refractivity contribution is -0.128. The summed E-state index contributed by atoms with van der Waals surface area (Å²) >= 11 is 1.61. The van der Waals surface area contributed by atoms with Gasteiger partial charge >= 0.3 is 0 Å². The summed E-state index contributed by atoms with van der Waals surface area (Å²) in [7, 11) is 0. The smallest absolute Gasteiger partial charge is 0.232 e. The van der Waals surface area contributed by atoms with Crippen LogP contribution in [0.2, 0.25) is 0 Å². The molecule has 5 nitrogen and oxygen atoms in total. The topological polar surface area (TPSA) is 53.5 Å². The van der Waals surface area contributed by atoms with Crippen molar-refractivity contribution in [3.63, 3.8) is 0 Å². The molecule has 136 valence electrons. The molecule has 1 aliphatic rings. The Labute approximate surface area is 158 Å². The van der Waals surface area contributed by atoms with Crippen LogP contribution >= 0.6 is 11.8 Å². The van der Waals surface area contributed by atoms with Crippen LogP contribution in [0.3, 0.4) is 0 Å². The Morgan fingerprint density at radius 3 is 2.38 bits per heavy atom. The summed E-state index contributed by atoms with van der Waals surface area (Å²) in [5.74, 6) is 1.52. The molecule has 1 aromatic heterocycles. The van der Waals surface area contributed by atoms with Crippen LogP contribution in [0, 0.1) is 0 Å².